The fourth-order valence-corrected chi connectivity index (χ4v) is 2.20. The molecule has 0 radical (unpaired) electrons. The first-order valence-corrected chi connectivity index (χ1v) is 7.16. The molecule has 0 spiro atoms. The van der Waals surface area contributed by atoms with Crippen LogP contribution in [0.3, 0.4) is 0 Å². The second-order valence-corrected chi connectivity index (χ2v) is 5.04. The number of imidazole rings is 1. The summed E-state index contributed by atoms with van der Waals surface area (Å²) in [6.07, 6.45) is 8.30. The predicted octanol–water partition coefficient (Wildman–Crippen LogP) is 0.603. The Bertz CT molecular complexity index is 836. The molecule has 0 bridgehead atoms. The molecule has 1 amide bonds. The number of nitrogens with one attached hydrogen (secondary N) is 2. The first kappa shape index (κ1) is 17.7. The Morgan fingerprint density at radius 3 is 2.72 bits per heavy atom. The zero-order chi connectivity index (χ0) is 18.4. The summed E-state index contributed by atoms with van der Waals surface area (Å²) in [6.45, 7) is 0. The minimum Gasteiger partial charge on any atom is -0.478 e. The number of methoxy groups -OCH3 is 1. The van der Waals surface area contributed by atoms with Crippen molar-refractivity contribution in [3.63, 3.8) is 0 Å². The molecule has 0 saturated carbocycles. The lowest BCUT2D eigenvalue weighted by atomic mass is 10.0. The van der Waals surface area contributed by atoms with Crippen LogP contribution in [0.5, 0.6) is 0 Å². The molecular formula is C17H15N3O5. The van der Waals surface area contributed by atoms with Gasteiger partial charge < -0.3 is 20.1 Å². The highest BCUT2D eigenvalue weighted by Gasteiger charge is 2.25. The molecule has 2 aromatic rings. The number of H-pyrrole nitrogens is 1. The number of rotatable bonds is 6. The van der Waals surface area contributed by atoms with Crippen LogP contribution in [0.2, 0.25) is 0 Å². The van der Waals surface area contributed by atoms with E-state index in [1.54, 1.807) is 0 Å². The minimum atomic E-state index is -1.30. The van der Waals surface area contributed by atoms with E-state index >= 15 is 0 Å². The van der Waals surface area contributed by atoms with Crippen molar-refractivity contribution in [2.24, 2.45) is 0 Å². The zero-order valence-corrected chi connectivity index (χ0v) is 13.3. The molecule has 128 valence electrons. The van der Waals surface area contributed by atoms with E-state index in [2.05, 4.69) is 25.9 Å². The van der Waals surface area contributed by atoms with Gasteiger partial charge in [0.15, 0.2) is 0 Å². The standard InChI is InChI=1S/C17H15N3O5/c1-3-10-4-5-12(13(6-10)16(22)23)15(21)20-14(17(24)25-2)7-11-8-18-9-19-11/h1,4-6,8-9,14H,7H2,2H3,(H,18,19)(H,20,21)(H,22,23)/t14-/m1/s1. The number of carboxylic acid groups (broad SMARTS) is 1. The van der Waals surface area contributed by atoms with Gasteiger partial charge in [-0.25, -0.2) is 14.6 Å². The van der Waals surface area contributed by atoms with E-state index in [0.717, 1.165) is 0 Å². The molecule has 1 aromatic heterocycles. The van der Waals surface area contributed by atoms with Gasteiger partial charge in [-0.05, 0) is 18.2 Å². The van der Waals surface area contributed by atoms with Gasteiger partial charge in [0.2, 0.25) is 0 Å². The minimum absolute atomic E-state index is 0.106. The van der Waals surface area contributed by atoms with Gasteiger partial charge >= 0.3 is 11.9 Å². The molecular weight excluding hydrogens is 326 g/mol. The Morgan fingerprint density at radius 1 is 1.40 bits per heavy atom. The lowest BCUT2D eigenvalue weighted by molar-refractivity contribution is -0.142. The van der Waals surface area contributed by atoms with Gasteiger partial charge in [-0.15, -0.1) is 6.42 Å². The van der Waals surface area contributed by atoms with Gasteiger partial charge in [-0.3, -0.25) is 4.79 Å². The molecule has 25 heavy (non-hydrogen) atoms. The SMILES string of the molecule is C#Cc1ccc(C(=O)N[C@H](Cc2cnc[nH]2)C(=O)OC)c(C(=O)O)c1. The Kier molecular flexibility index (Phi) is 5.53. The van der Waals surface area contributed by atoms with Gasteiger partial charge in [0.25, 0.3) is 5.91 Å². The number of terminal acetylenes is 1. The van der Waals surface area contributed by atoms with Crippen molar-refractivity contribution in [1.29, 1.82) is 0 Å². The molecule has 0 aliphatic rings. The first-order chi connectivity index (χ1) is 12.0. The number of carbonyl (C=O) groups is 3. The average Bonchev–Trinajstić information content (AvgIpc) is 3.12. The number of ether oxygens (including phenoxy) is 1. The van der Waals surface area contributed by atoms with Crippen molar-refractivity contribution in [3.05, 3.63) is 53.1 Å². The summed E-state index contributed by atoms with van der Waals surface area (Å²) in [6, 6.07) is 2.97. The van der Waals surface area contributed by atoms with E-state index in [4.69, 9.17) is 6.42 Å². The summed E-state index contributed by atoms with van der Waals surface area (Å²) in [7, 11) is 1.19. The van der Waals surface area contributed by atoms with Gasteiger partial charge in [0, 0.05) is 23.9 Å². The Morgan fingerprint density at radius 2 is 2.16 bits per heavy atom. The molecule has 0 aliphatic carbocycles. The van der Waals surface area contributed by atoms with Crippen LogP contribution in [-0.2, 0) is 16.0 Å². The smallest absolute Gasteiger partial charge is 0.336 e. The second kappa shape index (κ2) is 7.79. The fourth-order valence-electron chi connectivity index (χ4n) is 2.20. The van der Waals surface area contributed by atoms with Crippen molar-refractivity contribution in [3.8, 4) is 12.3 Å². The fraction of sp³-hybridized carbons (Fsp3) is 0.176. The monoisotopic (exact) mass is 341 g/mol. The first-order valence-electron chi connectivity index (χ1n) is 7.16. The lowest BCUT2D eigenvalue weighted by Crippen LogP contribution is -2.43. The van der Waals surface area contributed by atoms with Crippen LogP contribution in [0.25, 0.3) is 0 Å². The summed E-state index contributed by atoms with van der Waals surface area (Å²) in [5.74, 6) is -0.387. The number of nitrogens with zero attached hydrogens (tertiary/aromatic N) is 1. The van der Waals surface area contributed by atoms with Crippen LogP contribution >= 0.6 is 0 Å². The molecule has 0 saturated heterocycles. The second-order valence-electron chi connectivity index (χ2n) is 5.04. The average molecular weight is 341 g/mol. The van der Waals surface area contributed by atoms with Crippen LogP contribution in [0.15, 0.2) is 30.7 Å². The number of aromatic nitrogens is 2. The van der Waals surface area contributed by atoms with E-state index in [-0.39, 0.29) is 17.5 Å². The summed E-state index contributed by atoms with van der Waals surface area (Å²) in [5, 5.41) is 11.8. The van der Waals surface area contributed by atoms with Crippen LogP contribution in [-0.4, -0.2) is 46.1 Å². The number of hydrogen-bond donors (Lipinski definition) is 3. The molecule has 3 N–H and O–H groups in total. The number of amides is 1. The lowest BCUT2D eigenvalue weighted by Gasteiger charge is -2.16. The number of carbonyl (C=O) groups excluding carboxylic acids is 2. The van der Waals surface area contributed by atoms with Crippen molar-refractivity contribution in [1.82, 2.24) is 15.3 Å². The molecule has 8 nitrogen and oxygen atoms in total. The van der Waals surface area contributed by atoms with E-state index < -0.39 is 23.9 Å². The quantitative estimate of drug-likeness (QED) is 0.523. The number of aromatic carboxylic acids is 1. The third-order valence-corrected chi connectivity index (χ3v) is 3.43. The van der Waals surface area contributed by atoms with Crippen LogP contribution in [0.1, 0.15) is 32.0 Å². The van der Waals surface area contributed by atoms with Crippen molar-refractivity contribution >= 4 is 17.8 Å². The molecule has 8 heteroatoms. The molecule has 1 aromatic carbocycles. The van der Waals surface area contributed by atoms with E-state index in [0.29, 0.717) is 11.3 Å². The number of hydrogen-bond acceptors (Lipinski definition) is 5. The van der Waals surface area contributed by atoms with Crippen LogP contribution in [0, 0.1) is 12.3 Å². The number of benzene rings is 1. The number of carboxylic acids is 1. The van der Waals surface area contributed by atoms with Crippen molar-refractivity contribution < 1.29 is 24.2 Å². The van der Waals surface area contributed by atoms with E-state index in [1.165, 1.54) is 37.8 Å². The summed E-state index contributed by atoms with van der Waals surface area (Å²) in [5.41, 5.74) is 0.580. The molecule has 0 unspecified atom stereocenters. The highest BCUT2D eigenvalue weighted by Crippen LogP contribution is 2.13. The summed E-state index contributed by atoms with van der Waals surface area (Å²) in [4.78, 5) is 42.4. The number of esters is 1. The van der Waals surface area contributed by atoms with E-state index in [1.807, 2.05) is 0 Å². The largest absolute Gasteiger partial charge is 0.478 e. The molecule has 2 rings (SSSR count). The van der Waals surface area contributed by atoms with Crippen LogP contribution < -0.4 is 5.32 Å². The topological polar surface area (TPSA) is 121 Å². The van der Waals surface area contributed by atoms with Gasteiger partial charge in [-0.1, -0.05) is 5.92 Å². The molecule has 0 aliphatic heterocycles. The van der Waals surface area contributed by atoms with Gasteiger partial charge in [-0.2, -0.15) is 0 Å². The highest BCUT2D eigenvalue weighted by molar-refractivity contribution is 6.06. The van der Waals surface area contributed by atoms with Crippen molar-refractivity contribution in [2.45, 2.75) is 12.5 Å². The van der Waals surface area contributed by atoms with Crippen molar-refractivity contribution in [2.75, 3.05) is 7.11 Å². The van der Waals surface area contributed by atoms with Crippen LogP contribution in [0.4, 0.5) is 0 Å². The predicted molar refractivity (Wildman–Crippen MR) is 86.9 cm³/mol. The van der Waals surface area contributed by atoms with E-state index in [9.17, 15) is 19.5 Å². The van der Waals surface area contributed by atoms with Gasteiger partial charge in [0.1, 0.15) is 6.04 Å². The molecule has 1 atom stereocenters. The third kappa shape index (κ3) is 4.23. The Balaban J connectivity index is 2.27. The third-order valence-electron chi connectivity index (χ3n) is 3.43. The van der Waals surface area contributed by atoms with Gasteiger partial charge in [0.05, 0.1) is 24.6 Å². The maximum atomic E-state index is 12.5. The Hall–Kier alpha value is -3.60. The molecule has 1 heterocycles. The Labute approximate surface area is 143 Å². The molecule has 0 fully saturated rings. The normalized spacial score (nSPS) is 11.2. The number of aromatic amines is 1. The maximum Gasteiger partial charge on any atom is 0.336 e. The highest BCUT2D eigenvalue weighted by atomic mass is 16.5. The summed E-state index contributed by atoms with van der Waals surface area (Å²) < 4.78 is 4.68. The summed E-state index contributed by atoms with van der Waals surface area (Å²) >= 11 is 0. The maximum absolute atomic E-state index is 12.5. The zero-order valence-electron chi connectivity index (χ0n) is 13.3.